The molecule has 0 aliphatic rings. The van der Waals surface area contributed by atoms with Crippen molar-refractivity contribution in [2.45, 2.75) is 13.5 Å². The molecule has 0 radical (unpaired) electrons. The molecule has 3 aromatic rings. The molecule has 0 saturated heterocycles. The van der Waals surface area contributed by atoms with Crippen LogP contribution in [-0.2, 0) is 6.54 Å². The summed E-state index contributed by atoms with van der Waals surface area (Å²) in [6.07, 6.45) is 1.82. The van der Waals surface area contributed by atoms with Gasteiger partial charge in [-0.3, -0.25) is 9.48 Å². The summed E-state index contributed by atoms with van der Waals surface area (Å²) in [4.78, 5) is 12.0. The normalized spacial score (nSPS) is 10.6. The third-order valence-electron chi connectivity index (χ3n) is 3.08. The molecule has 0 unspecified atom stereocenters. The van der Waals surface area contributed by atoms with Gasteiger partial charge in [-0.1, -0.05) is 40.7 Å². The van der Waals surface area contributed by atoms with Crippen molar-refractivity contribution in [2.75, 3.05) is 6.54 Å². The van der Waals surface area contributed by atoms with Gasteiger partial charge in [0.05, 0.1) is 12.2 Å². The molecule has 7 heteroatoms. The first kappa shape index (κ1) is 14.0. The van der Waals surface area contributed by atoms with Crippen LogP contribution in [-0.4, -0.2) is 32.6 Å². The zero-order chi connectivity index (χ0) is 15.4. The maximum absolute atomic E-state index is 12.0. The summed E-state index contributed by atoms with van der Waals surface area (Å²) >= 11 is 0. The van der Waals surface area contributed by atoms with Crippen molar-refractivity contribution in [2.24, 2.45) is 0 Å². The van der Waals surface area contributed by atoms with Crippen molar-refractivity contribution in [1.29, 1.82) is 0 Å². The molecule has 1 amide bonds. The summed E-state index contributed by atoms with van der Waals surface area (Å²) in [6.45, 7) is 2.85. The van der Waals surface area contributed by atoms with E-state index in [-0.39, 0.29) is 11.6 Å². The van der Waals surface area contributed by atoms with Gasteiger partial charge >= 0.3 is 0 Å². The first-order valence-corrected chi connectivity index (χ1v) is 6.89. The lowest BCUT2D eigenvalue weighted by molar-refractivity contribution is 0.0943. The molecule has 2 heterocycles. The van der Waals surface area contributed by atoms with Gasteiger partial charge in [0.15, 0.2) is 11.5 Å². The van der Waals surface area contributed by atoms with Gasteiger partial charge in [0.1, 0.15) is 0 Å². The van der Waals surface area contributed by atoms with E-state index in [1.54, 1.807) is 10.7 Å². The van der Waals surface area contributed by atoms with Crippen molar-refractivity contribution < 1.29 is 9.32 Å². The zero-order valence-corrected chi connectivity index (χ0v) is 12.1. The van der Waals surface area contributed by atoms with Gasteiger partial charge in [-0.25, -0.2) is 0 Å². The third-order valence-corrected chi connectivity index (χ3v) is 3.08. The van der Waals surface area contributed by atoms with Gasteiger partial charge in [0.2, 0.25) is 0 Å². The van der Waals surface area contributed by atoms with Crippen LogP contribution in [0, 0.1) is 6.92 Å². The van der Waals surface area contributed by atoms with E-state index in [2.05, 4.69) is 20.8 Å². The number of carbonyl (C=O) groups is 1. The van der Waals surface area contributed by atoms with Gasteiger partial charge in [0.25, 0.3) is 5.91 Å². The molecular weight excluding hydrogens is 282 g/mol. The number of aromatic nitrogens is 4. The zero-order valence-electron chi connectivity index (χ0n) is 12.1. The minimum Gasteiger partial charge on any atom is -0.355 e. The SMILES string of the molecule is Cc1cn(CCNC(=O)c2cc(-c3ccccc3)on2)nn1. The Hall–Kier alpha value is -2.96. The van der Waals surface area contributed by atoms with Gasteiger partial charge in [-0.2, -0.15) is 0 Å². The second-order valence-corrected chi connectivity index (χ2v) is 4.82. The molecule has 0 saturated carbocycles. The molecule has 0 fully saturated rings. The Morgan fingerprint density at radius 2 is 2.14 bits per heavy atom. The summed E-state index contributed by atoms with van der Waals surface area (Å²) in [5, 5.41) is 14.4. The van der Waals surface area contributed by atoms with Gasteiger partial charge in [-0.05, 0) is 6.92 Å². The predicted octanol–water partition coefficient (Wildman–Crippen LogP) is 1.67. The van der Waals surface area contributed by atoms with Crippen molar-refractivity contribution in [1.82, 2.24) is 25.5 Å². The molecule has 2 aromatic heterocycles. The minimum absolute atomic E-state index is 0.258. The van der Waals surface area contributed by atoms with Crippen LogP contribution < -0.4 is 5.32 Å². The van der Waals surface area contributed by atoms with E-state index in [4.69, 9.17) is 4.52 Å². The number of aryl methyl sites for hydroxylation is 1. The van der Waals surface area contributed by atoms with Crippen LogP contribution in [0.25, 0.3) is 11.3 Å². The van der Waals surface area contributed by atoms with E-state index in [9.17, 15) is 4.79 Å². The molecule has 7 nitrogen and oxygen atoms in total. The second-order valence-electron chi connectivity index (χ2n) is 4.82. The van der Waals surface area contributed by atoms with Gasteiger partial charge in [-0.15, -0.1) is 5.10 Å². The number of nitrogens with one attached hydrogen (secondary N) is 1. The number of hydrogen-bond acceptors (Lipinski definition) is 5. The molecule has 1 N–H and O–H groups in total. The largest absolute Gasteiger partial charge is 0.355 e. The molecule has 112 valence electrons. The lowest BCUT2D eigenvalue weighted by Crippen LogP contribution is -2.27. The highest BCUT2D eigenvalue weighted by molar-refractivity contribution is 5.93. The summed E-state index contributed by atoms with van der Waals surface area (Å²) in [5.74, 6) is 0.292. The smallest absolute Gasteiger partial charge is 0.273 e. The van der Waals surface area contributed by atoms with E-state index >= 15 is 0 Å². The first-order chi connectivity index (χ1) is 10.7. The lowest BCUT2D eigenvalue weighted by Gasteiger charge is -2.01. The monoisotopic (exact) mass is 297 g/mol. The molecule has 0 atom stereocenters. The molecule has 0 bridgehead atoms. The minimum atomic E-state index is -0.275. The van der Waals surface area contributed by atoms with Crippen molar-refractivity contribution in [3.8, 4) is 11.3 Å². The molecule has 3 rings (SSSR count). The Kier molecular flexibility index (Phi) is 3.95. The predicted molar refractivity (Wildman–Crippen MR) is 79.0 cm³/mol. The highest BCUT2D eigenvalue weighted by Crippen LogP contribution is 2.19. The summed E-state index contributed by atoms with van der Waals surface area (Å²) in [7, 11) is 0. The average Bonchev–Trinajstić information content (AvgIpc) is 3.17. The third kappa shape index (κ3) is 3.20. The molecule has 0 aliphatic heterocycles. The number of carbonyl (C=O) groups excluding carboxylic acids is 1. The average molecular weight is 297 g/mol. The van der Waals surface area contributed by atoms with Crippen LogP contribution >= 0.6 is 0 Å². The molecule has 0 spiro atoms. The molecular formula is C15H15N5O2. The Bertz CT molecular complexity index is 763. The number of benzene rings is 1. The van der Waals surface area contributed by atoms with Gasteiger partial charge < -0.3 is 9.84 Å². The Morgan fingerprint density at radius 1 is 1.32 bits per heavy atom. The second kappa shape index (κ2) is 6.21. The number of nitrogens with zero attached hydrogens (tertiary/aromatic N) is 4. The number of amides is 1. The van der Waals surface area contributed by atoms with Gasteiger partial charge in [0, 0.05) is 24.4 Å². The number of hydrogen-bond donors (Lipinski definition) is 1. The fourth-order valence-corrected chi connectivity index (χ4v) is 2.00. The highest BCUT2D eigenvalue weighted by atomic mass is 16.5. The molecule has 0 aliphatic carbocycles. The summed E-state index contributed by atoms with van der Waals surface area (Å²) in [6, 6.07) is 11.1. The molecule has 1 aromatic carbocycles. The highest BCUT2D eigenvalue weighted by Gasteiger charge is 2.13. The topological polar surface area (TPSA) is 85.8 Å². The van der Waals surface area contributed by atoms with Crippen molar-refractivity contribution in [3.05, 3.63) is 54.0 Å². The standard InChI is InChI=1S/C15H15N5O2/c1-11-10-20(19-17-11)8-7-16-15(21)13-9-14(22-18-13)12-5-3-2-4-6-12/h2-6,9-10H,7-8H2,1H3,(H,16,21). The van der Waals surface area contributed by atoms with Crippen LogP contribution in [0.15, 0.2) is 47.1 Å². The fourth-order valence-electron chi connectivity index (χ4n) is 2.00. The van der Waals surface area contributed by atoms with E-state index < -0.39 is 0 Å². The Balaban J connectivity index is 1.58. The Labute approximate surface area is 126 Å². The van der Waals surface area contributed by atoms with E-state index in [1.807, 2.05) is 43.5 Å². The summed E-state index contributed by atoms with van der Waals surface area (Å²) < 4.78 is 6.88. The maximum Gasteiger partial charge on any atom is 0.273 e. The van der Waals surface area contributed by atoms with Crippen LogP contribution in [0.4, 0.5) is 0 Å². The first-order valence-electron chi connectivity index (χ1n) is 6.89. The van der Waals surface area contributed by atoms with Crippen molar-refractivity contribution >= 4 is 5.91 Å². The van der Waals surface area contributed by atoms with Crippen LogP contribution in [0.5, 0.6) is 0 Å². The summed E-state index contributed by atoms with van der Waals surface area (Å²) in [5.41, 5.74) is 1.98. The molecule has 22 heavy (non-hydrogen) atoms. The van der Waals surface area contributed by atoms with E-state index in [1.165, 1.54) is 0 Å². The fraction of sp³-hybridized carbons (Fsp3) is 0.200. The van der Waals surface area contributed by atoms with Crippen LogP contribution in [0.1, 0.15) is 16.2 Å². The van der Waals surface area contributed by atoms with E-state index in [0.29, 0.717) is 18.8 Å². The van der Waals surface area contributed by atoms with Crippen LogP contribution in [0.2, 0.25) is 0 Å². The van der Waals surface area contributed by atoms with E-state index in [0.717, 1.165) is 11.3 Å². The number of rotatable bonds is 5. The van der Waals surface area contributed by atoms with Crippen molar-refractivity contribution in [3.63, 3.8) is 0 Å². The Morgan fingerprint density at radius 3 is 2.86 bits per heavy atom. The maximum atomic E-state index is 12.0. The lowest BCUT2D eigenvalue weighted by atomic mass is 10.1. The van der Waals surface area contributed by atoms with Crippen LogP contribution in [0.3, 0.4) is 0 Å². The quantitative estimate of drug-likeness (QED) is 0.774.